The van der Waals surface area contributed by atoms with Crippen molar-refractivity contribution < 1.29 is 19.4 Å². The van der Waals surface area contributed by atoms with E-state index in [1.54, 1.807) is 13.3 Å². The molecule has 0 aliphatic heterocycles. The van der Waals surface area contributed by atoms with Crippen LogP contribution in [0, 0.1) is 0 Å². The maximum absolute atomic E-state index is 12.1. The smallest absolute Gasteiger partial charge is 0.305 e. The number of hydrogen-bond donors (Lipinski definition) is 2. The van der Waals surface area contributed by atoms with Crippen LogP contribution in [0.3, 0.4) is 0 Å². The molecule has 0 aromatic carbocycles. The molecule has 9 nitrogen and oxygen atoms in total. The number of methoxy groups -OCH3 is 1. The van der Waals surface area contributed by atoms with Crippen LogP contribution in [0.5, 0.6) is 0 Å². The number of carbonyl (C=O) groups is 2. The summed E-state index contributed by atoms with van der Waals surface area (Å²) in [4.78, 5) is 22.7. The molecular formula is C12H15N5O4. The zero-order chi connectivity index (χ0) is 15.2. The van der Waals surface area contributed by atoms with E-state index in [0.29, 0.717) is 5.69 Å². The summed E-state index contributed by atoms with van der Waals surface area (Å²) < 4.78 is 7.79. The first-order valence-corrected chi connectivity index (χ1v) is 6.16. The van der Waals surface area contributed by atoms with E-state index in [9.17, 15) is 9.59 Å². The largest absolute Gasteiger partial charge is 0.481 e. The number of carboxylic acids is 1. The van der Waals surface area contributed by atoms with Crippen molar-refractivity contribution in [3.63, 3.8) is 0 Å². The van der Waals surface area contributed by atoms with E-state index < -0.39 is 5.97 Å². The topological polar surface area (TPSA) is 111 Å². The number of rotatable bonds is 7. The summed E-state index contributed by atoms with van der Waals surface area (Å²) in [6.07, 6.45) is 4.47. The molecule has 0 radical (unpaired) electrons. The van der Waals surface area contributed by atoms with Gasteiger partial charge >= 0.3 is 5.97 Å². The predicted molar refractivity (Wildman–Crippen MR) is 71.7 cm³/mol. The number of aliphatic carboxylic acids is 1. The van der Waals surface area contributed by atoms with Gasteiger partial charge in [0.2, 0.25) is 0 Å². The maximum Gasteiger partial charge on any atom is 0.305 e. The summed E-state index contributed by atoms with van der Waals surface area (Å²) in [7, 11) is 1.54. The molecule has 2 heterocycles. The molecule has 0 bridgehead atoms. The lowest BCUT2D eigenvalue weighted by atomic mass is 10.3. The fourth-order valence-electron chi connectivity index (χ4n) is 1.73. The summed E-state index contributed by atoms with van der Waals surface area (Å²) in [5.41, 5.74) is 0.804. The van der Waals surface area contributed by atoms with Crippen LogP contribution in [-0.4, -0.2) is 43.7 Å². The van der Waals surface area contributed by atoms with E-state index in [1.165, 1.54) is 27.8 Å². The maximum atomic E-state index is 12.1. The van der Waals surface area contributed by atoms with Crippen molar-refractivity contribution in [3.05, 3.63) is 30.4 Å². The number of nitrogens with zero attached hydrogens (tertiary/aromatic N) is 4. The highest BCUT2D eigenvalue weighted by Crippen LogP contribution is 2.09. The summed E-state index contributed by atoms with van der Waals surface area (Å²) >= 11 is 0. The number of carbonyl (C=O) groups excluding carboxylic acids is 1. The molecular weight excluding hydrogens is 278 g/mol. The molecule has 0 atom stereocenters. The van der Waals surface area contributed by atoms with Crippen LogP contribution in [0.4, 0.5) is 5.69 Å². The molecule has 0 unspecified atom stereocenters. The van der Waals surface area contributed by atoms with Crippen molar-refractivity contribution in [2.24, 2.45) is 0 Å². The molecule has 2 aromatic heterocycles. The monoisotopic (exact) mass is 293 g/mol. The van der Waals surface area contributed by atoms with Gasteiger partial charge in [0.1, 0.15) is 12.4 Å². The number of aromatic nitrogens is 4. The van der Waals surface area contributed by atoms with Gasteiger partial charge in [0, 0.05) is 13.3 Å². The van der Waals surface area contributed by atoms with Crippen LogP contribution >= 0.6 is 0 Å². The van der Waals surface area contributed by atoms with Crippen LogP contribution in [0.2, 0.25) is 0 Å². The molecule has 0 fully saturated rings. The SMILES string of the molecule is COCn1cc(NC(=O)c2ccnn2CCC(=O)O)cn1. The zero-order valence-corrected chi connectivity index (χ0v) is 11.4. The molecule has 0 spiro atoms. The van der Waals surface area contributed by atoms with Gasteiger partial charge in [-0.15, -0.1) is 0 Å². The highest BCUT2D eigenvalue weighted by atomic mass is 16.5. The van der Waals surface area contributed by atoms with Crippen molar-refractivity contribution in [1.29, 1.82) is 0 Å². The number of nitrogens with one attached hydrogen (secondary N) is 1. The van der Waals surface area contributed by atoms with Gasteiger partial charge < -0.3 is 15.2 Å². The van der Waals surface area contributed by atoms with Gasteiger partial charge in [-0.3, -0.25) is 14.3 Å². The van der Waals surface area contributed by atoms with Gasteiger partial charge in [-0.2, -0.15) is 10.2 Å². The van der Waals surface area contributed by atoms with Gasteiger partial charge in [-0.25, -0.2) is 4.68 Å². The quantitative estimate of drug-likeness (QED) is 0.765. The minimum Gasteiger partial charge on any atom is -0.481 e. The van der Waals surface area contributed by atoms with Crippen molar-refractivity contribution in [2.45, 2.75) is 19.7 Å². The number of amides is 1. The summed E-state index contributed by atoms with van der Waals surface area (Å²) in [5, 5.41) is 19.3. The molecule has 9 heteroatoms. The molecule has 0 saturated heterocycles. The predicted octanol–water partition coefficient (Wildman–Crippen LogP) is 0.410. The third-order valence-electron chi connectivity index (χ3n) is 2.64. The van der Waals surface area contributed by atoms with E-state index >= 15 is 0 Å². The molecule has 1 amide bonds. The molecule has 2 aromatic rings. The van der Waals surface area contributed by atoms with Crippen LogP contribution in [-0.2, 0) is 22.8 Å². The van der Waals surface area contributed by atoms with Crippen molar-refractivity contribution in [1.82, 2.24) is 19.6 Å². The van der Waals surface area contributed by atoms with E-state index in [4.69, 9.17) is 9.84 Å². The van der Waals surface area contributed by atoms with Gasteiger partial charge in [-0.1, -0.05) is 0 Å². The first-order chi connectivity index (χ1) is 10.1. The number of anilines is 1. The van der Waals surface area contributed by atoms with Crippen molar-refractivity contribution >= 4 is 17.6 Å². The molecule has 0 saturated carbocycles. The first kappa shape index (κ1) is 14.7. The summed E-state index contributed by atoms with van der Waals surface area (Å²) in [5.74, 6) is -1.33. The van der Waals surface area contributed by atoms with E-state index in [2.05, 4.69) is 15.5 Å². The fourth-order valence-corrected chi connectivity index (χ4v) is 1.73. The Balaban J connectivity index is 2.02. The average molecular weight is 293 g/mol. The third-order valence-corrected chi connectivity index (χ3v) is 2.64. The number of ether oxygens (including phenoxy) is 1. The number of aryl methyl sites for hydroxylation is 1. The Morgan fingerprint density at radius 3 is 2.95 bits per heavy atom. The molecule has 2 N–H and O–H groups in total. The zero-order valence-electron chi connectivity index (χ0n) is 11.4. The second-order valence-corrected chi connectivity index (χ2v) is 4.22. The van der Waals surface area contributed by atoms with Gasteiger partial charge in [-0.05, 0) is 6.07 Å². The Morgan fingerprint density at radius 1 is 1.43 bits per heavy atom. The lowest BCUT2D eigenvalue weighted by Crippen LogP contribution is -2.18. The summed E-state index contributed by atoms with van der Waals surface area (Å²) in [6.45, 7) is 0.417. The van der Waals surface area contributed by atoms with Gasteiger partial charge in [0.25, 0.3) is 5.91 Å². The molecule has 0 aliphatic carbocycles. The second-order valence-electron chi connectivity index (χ2n) is 4.22. The standard InChI is InChI=1S/C12H15N5O4/c1-21-8-16-7-9(6-14-16)15-12(20)10-2-4-13-17(10)5-3-11(18)19/h2,4,6-7H,3,5,8H2,1H3,(H,15,20)(H,18,19). The van der Waals surface area contributed by atoms with Gasteiger partial charge in [0.15, 0.2) is 0 Å². The molecule has 21 heavy (non-hydrogen) atoms. The van der Waals surface area contributed by atoms with Crippen LogP contribution in [0.15, 0.2) is 24.7 Å². The van der Waals surface area contributed by atoms with E-state index in [0.717, 1.165) is 0 Å². The molecule has 2 rings (SSSR count). The lowest BCUT2D eigenvalue weighted by Gasteiger charge is -2.06. The number of carboxylic acid groups (broad SMARTS) is 1. The minimum absolute atomic E-state index is 0.103. The molecule has 112 valence electrons. The summed E-state index contributed by atoms with van der Waals surface area (Å²) in [6, 6.07) is 1.52. The Labute approximate surface area is 120 Å². The van der Waals surface area contributed by atoms with Crippen molar-refractivity contribution in [3.8, 4) is 0 Å². The fraction of sp³-hybridized carbons (Fsp3) is 0.333. The van der Waals surface area contributed by atoms with Crippen LogP contribution in [0.25, 0.3) is 0 Å². The number of hydrogen-bond acceptors (Lipinski definition) is 5. The Hall–Kier alpha value is -2.68. The van der Waals surface area contributed by atoms with Crippen molar-refractivity contribution in [2.75, 3.05) is 12.4 Å². The van der Waals surface area contributed by atoms with Crippen LogP contribution < -0.4 is 5.32 Å². The first-order valence-electron chi connectivity index (χ1n) is 6.16. The molecule has 0 aliphatic rings. The highest BCUT2D eigenvalue weighted by Gasteiger charge is 2.13. The average Bonchev–Trinajstić information content (AvgIpc) is 3.06. The van der Waals surface area contributed by atoms with Gasteiger partial charge in [0.05, 0.1) is 31.0 Å². The Kier molecular flexibility index (Phi) is 4.67. The third kappa shape index (κ3) is 3.89. The Bertz CT molecular complexity index is 633. The minimum atomic E-state index is -0.947. The highest BCUT2D eigenvalue weighted by molar-refractivity contribution is 6.02. The lowest BCUT2D eigenvalue weighted by molar-refractivity contribution is -0.137. The van der Waals surface area contributed by atoms with E-state index in [1.807, 2.05) is 0 Å². The second kappa shape index (κ2) is 6.66. The van der Waals surface area contributed by atoms with E-state index in [-0.39, 0.29) is 31.3 Å². The normalized spacial score (nSPS) is 10.5. The van der Waals surface area contributed by atoms with Crippen LogP contribution in [0.1, 0.15) is 16.9 Å². The Morgan fingerprint density at radius 2 is 2.24 bits per heavy atom.